The van der Waals surface area contributed by atoms with Gasteiger partial charge in [-0.1, -0.05) is 6.08 Å². The molecule has 10 heteroatoms. The molecule has 0 fully saturated rings. The minimum absolute atomic E-state index is 0.0437. The molecule has 10 nitrogen and oxygen atoms in total. The zero-order chi connectivity index (χ0) is 23.3. The van der Waals surface area contributed by atoms with Crippen LogP contribution in [0, 0.1) is 29.6 Å². The van der Waals surface area contributed by atoms with Crippen LogP contribution >= 0.6 is 0 Å². The molecule has 0 aromatic carbocycles. The molecule has 0 saturated carbocycles. The maximum Gasteiger partial charge on any atom is 0.271 e. The third-order valence-corrected chi connectivity index (χ3v) is 4.84. The predicted molar refractivity (Wildman–Crippen MR) is 108 cm³/mol. The van der Waals surface area contributed by atoms with Gasteiger partial charge in [-0.15, -0.1) is 0 Å². The van der Waals surface area contributed by atoms with Gasteiger partial charge >= 0.3 is 0 Å². The van der Waals surface area contributed by atoms with Gasteiger partial charge < -0.3 is 15.3 Å². The van der Waals surface area contributed by atoms with Crippen molar-refractivity contribution in [3.05, 3.63) is 55.9 Å². The number of rotatable bonds is 6. The summed E-state index contributed by atoms with van der Waals surface area (Å²) in [6.45, 7) is 1.54. The summed E-state index contributed by atoms with van der Waals surface area (Å²) in [6.07, 6.45) is 4.07. The minimum Gasteiger partial charge on any atom is -0.494 e. The fourth-order valence-electron chi connectivity index (χ4n) is 3.18. The molecule has 0 atom stereocenters. The molecule has 1 aliphatic rings. The summed E-state index contributed by atoms with van der Waals surface area (Å²) in [5.74, 6) is -1.94. The number of aliphatic hydroxyl groups excluding tert-OH is 2. The van der Waals surface area contributed by atoms with Crippen LogP contribution in [-0.4, -0.2) is 56.4 Å². The van der Waals surface area contributed by atoms with E-state index in [0.29, 0.717) is 0 Å². The zero-order valence-corrected chi connectivity index (χ0v) is 16.9. The number of hydrogen-bond acceptors (Lipinski definition) is 8. The monoisotopic (exact) mass is 424 g/mol. The molecule has 31 heavy (non-hydrogen) atoms. The first-order valence-corrected chi connectivity index (χ1v) is 9.19. The Kier molecular flexibility index (Phi) is 7.27. The van der Waals surface area contributed by atoms with Gasteiger partial charge in [0.1, 0.15) is 23.3 Å². The van der Waals surface area contributed by atoms with Gasteiger partial charge in [0, 0.05) is 11.1 Å². The van der Waals surface area contributed by atoms with Crippen molar-refractivity contribution in [3.8, 4) is 18.0 Å². The van der Waals surface area contributed by atoms with Crippen molar-refractivity contribution >= 4 is 17.9 Å². The third-order valence-electron chi connectivity index (χ3n) is 4.84. The quantitative estimate of drug-likeness (QED) is 0.419. The first kappa shape index (κ1) is 23.3. The van der Waals surface area contributed by atoms with Gasteiger partial charge in [0.2, 0.25) is 5.88 Å². The lowest BCUT2D eigenvalue weighted by Gasteiger charge is -2.26. The fourth-order valence-corrected chi connectivity index (χ4v) is 3.18. The molecule has 0 aliphatic carbocycles. The first-order valence-electron chi connectivity index (χ1n) is 9.19. The standard InChI is InChI=1S/C21H20N4O6/c1-12-14(18(28)24(6-8-26)20(30)16(12)10-22)4-3-5-15-13(2)17(11-23)21(31)25(7-9-27)19(15)29/h3-5,26-28H,6-9H2,1-2H3/b4-3+,15-5+. The summed E-state index contributed by atoms with van der Waals surface area (Å²) in [5.41, 5.74) is -0.603. The Morgan fingerprint density at radius 2 is 1.65 bits per heavy atom. The second kappa shape index (κ2) is 9.67. The third kappa shape index (κ3) is 4.16. The number of hydrogen-bond donors (Lipinski definition) is 3. The van der Waals surface area contributed by atoms with Gasteiger partial charge in [-0.25, -0.2) is 0 Å². The number of pyridine rings is 1. The molecular weight excluding hydrogens is 404 g/mol. The highest BCUT2D eigenvalue weighted by atomic mass is 16.3. The summed E-state index contributed by atoms with van der Waals surface area (Å²) < 4.78 is 0.866. The lowest BCUT2D eigenvalue weighted by molar-refractivity contribution is -0.141. The second-order valence-electron chi connectivity index (χ2n) is 6.57. The first-order chi connectivity index (χ1) is 14.7. The number of imide groups is 1. The van der Waals surface area contributed by atoms with E-state index in [9.17, 15) is 30.0 Å². The molecule has 160 valence electrons. The van der Waals surface area contributed by atoms with Crippen LogP contribution in [0.5, 0.6) is 5.88 Å². The zero-order valence-electron chi connectivity index (χ0n) is 16.9. The molecule has 2 heterocycles. The molecule has 2 rings (SSSR count). The van der Waals surface area contributed by atoms with E-state index >= 15 is 0 Å². The van der Waals surface area contributed by atoms with Crippen molar-refractivity contribution in [1.82, 2.24) is 9.47 Å². The van der Waals surface area contributed by atoms with Gasteiger partial charge in [-0.2, -0.15) is 10.5 Å². The topological polar surface area (TPSA) is 168 Å². The molecule has 1 aromatic rings. The molecule has 0 spiro atoms. The summed E-state index contributed by atoms with van der Waals surface area (Å²) in [6, 6.07) is 3.54. The Hall–Kier alpha value is -3.99. The molecule has 2 amide bonds. The number of carbonyl (C=O) groups excluding carboxylic acids is 2. The average molecular weight is 424 g/mol. The van der Waals surface area contributed by atoms with Gasteiger partial charge in [0.15, 0.2) is 0 Å². The van der Waals surface area contributed by atoms with E-state index in [2.05, 4.69) is 0 Å². The lowest BCUT2D eigenvalue weighted by atomic mass is 9.95. The van der Waals surface area contributed by atoms with E-state index in [-0.39, 0.29) is 46.5 Å². The fraction of sp³-hybridized carbons (Fsp3) is 0.286. The van der Waals surface area contributed by atoms with E-state index in [1.807, 2.05) is 0 Å². The Labute approximate surface area is 177 Å². The Morgan fingerprint density at radius 3 is 2.19 bits per heavy atom. The highest BCUT2D eigenvalue weighted by Crippen LogP contribution is 2.26. The van der Waals surface area contributed by atoms with Crippen LogP contribution < -0.4 is 5.56 Å². The maximum absolute atomic E-state index is 12.6. The number of amides is 2. The van der Waals surface area contributed by atoms with Crippen molar-refractivity contribution in [2.24, 2.45) is 0 Å². The van der Waals surface area contributed by atoms with Crippen LogP contribution in [-0.2, 0) is 16.1 Å². The predicted octanol–water partition coefficient (Wildman–Crippen LogP) is -0.133. The van der Waals surface area contributed by atoms with E-state index in [4.69, 9.17) is 10.2 Å². The Balaban J connectivity index is 2.62. The Morgan fingerprint density at radius 1 is 1.00 bits per heavy atom. The number of aliphatic hydroxyl groups is 2. The molecule has 0 saturated heterocycles. The van der Waals surface area contributed by atoms with Gasteiger partial charge in [-0.3, -0.25) is 23.9 Å². The van der Waals surface area contributed by atoms with E-state index in [1.165, 1.54) is 32.1 Å². The number of aromatic hydroxyl groups is 1. The number of aromatic nitrogens is 1. The highest BCUT2D eigenvalue weighted by Gasteiger charge is 2.34. The van der Waals surface area contributed by atoms with Crippen LogP contribution in [0.4, 0.5) is 0 Å². The largest absolute Gasteiger partial charge is 0.494 e. The molecular formula is C21H20N4O6. The summed E-state index contributed by atoms with van der Waals surface area (Å²) >= 11 is 0. The van der Waals surface area contributed by atoms with Crippen LogP contribution in [0.3, 0.4) is 0 Å². The highest BCUT2D eigenvalue weighted by molar-refractivity contribution is 6.18. The maximum atomic E-state index is 12.6. The van der Waals surface area contributed by atoms with Gasteiger partial charge in [0.05, 0.1) is 26.3 Å². The Bertz CT molecular complexity index is 1170. The van der Waals surface area contributed by atoms with E-state index < -0.39 is 36.5 Å². The van der Waals surface area contributed by atoms with Gasteiger partial charge in [0.25, 0.3) is 17.4 Å². The van der Waals surface area contributed by atoms with Crippen LogP contribution in [0.25, 0.3) is 6.08 Å². The van der Waals surface area contributed by atoms with Crippen molar-refractivity contribution in [1.29, 1.82) is 10.5 Å². The summed E-state index contributed by atoms with van der Waals surface area (Å²) in [5, 5.41) is 47.2. The minimum atomic E-state index is -0.789. The normalized spacial score (nSPS) is 15.7. The molecule has 0 radical (unpaired) electrons. The van der Waals surface area contributed by atoms with Crippen LogP contribution in [0.2, 0.25) is 0 Å². The smallest absolute Gasteiger partial charge is 0.271 e. The van der Waals surface area contributed by atoms with E-state index in [0.717, 1.165) is 9.47 Å². The lowest BCUT2D eigenvalue weighted by Crippen LogP contribution is -2.44. The van der Waals surface area contributed by atoms with Crippen molar-refractivity contribution in [2.75, 3.05) is 19.8 Å². The van der Waals surface area contributed by atoms with Gasteiger partial charge in [-0.05, 0) is 37.1 Å². The molecule has 3 N–H and O–H groups in total. The van der Waals surface area contributed by atoms with Crippen LogP contribution in [0.15, 0.2) is 33.7 Å². The number of carbonyl (C=O) groups is 2. The number of nitrogens with zero attached hydrogens (tertiary/aromatic N) is 4. The van der Waals surface area contributed by atoms with Crippen molar-refractivity contribution in [2.45, 2.75) is 20.4 Å². The molecule has 0 unspecified atom stereocenters. The number of allylic oxidation sites excluding steroid dienone is 2. The summed E-state index contributed by atoms with van der Waals surface area (Å²) in [7, 11) is 0. The van der Waals surface area contributed by atoms with Crippen molar-refractivity contribution < 1.29 is 24.9 Å². The number of β-amino-alcohol motifs (C(OH)–C–C–N with tert-alkyl or cyclic N) is 1. The van der Waals surface area contributed by atoms with E-state index in [1.54, 1.807) is 12.1 Å². The van der Waals surface area contributed by atoms with Crippen LogP contribution in [0.1, 0.15) is 23.6 Å². The molecule has 1 aromatic heterocycles. The summed E-state index contributed by atoms with van der Waals surface area (Å²) in [4.78, 5) is 37.9. The second-order valence-corrected chi connectivity index (χ2v) is 6.57. The number of nitriles is 2. The van der Waals surface area contributed by atoms with Crippen molar-refractivity contribution in [3.63, 3.8) is 0 Å². The molecule has 0 bridgehead atoms. The molecule has 1 aliphatic heterocycles. The average Bonchev–Trinajstić information content (AvgIpc) is 2.74. The SMILES string of the molecule is CC1=C(C#N)C(=O)N(CCO)C(=O)/C1=C/C=C/c1c(C)c(C#N)c(=O)n(CCO)c1O.